The summed E-state index contributed by atoms with van der Waals surface area (Å²) in [5.74, 6) is 0.0562. The highest BCUT2D eigenvalue weighted by Gasteiger charge is 2.43. The summed E-state index contributed by atoms with van der Waals surface area (Å²) in [7, 11) is 0. The lowest BCUT2D eigenvalue weighted by Gasteiger charge is -2.28. The molecule has 2 aliphatic carbocycles. The number of allylic oxidation sites excluding steroid dienone is 5. The maximum absolute atomic E-state index is 11.8. The maximum atomic E-state index is 11.8. The van der Waals surface area contributed by atoms with Gasteiger partial charge in [-0.3, -0.25) is 4.79 Å². The molecule has 0 aliphatic heterocycles. The van der Waals surface area contributed by atoms with Gasteiger partial charge in [-0.25, -0.2) is 0 Å². The first-order valence-electron chi connectivity index (χ1n) is 8.10. The third kappa shape index (κ3) is 2.15. The summed E-state index contributed by atoms with van der Waals surface area (Å²) in [6.07, 6.45) is 7.55. The smallest absolute Gasteiger partial charge is 0.178 e. The van der Waals surface area contributed by atoms with Crippen molar-refractivity contribution in [3.63, 3.8) is 0 Å². The lowest BCUT2D eigenvalue weighted by Crippen LogP contribution is -2.23. The fourth-order valence-electron chi connectivity index (χ4n) is 3.79. The van der Waals surface area contributed by atoms with Gasteiger partial charge < -0.3 is 0 Å². The van der Waals surface area contributed by atoms with E-state index in [4.69, 9.17) is 0 Å². The Morgan fingerprint density at radius 3 is 2.44 bits per heavy atom. The molecular formula is C22H13IOS. The molecule has 0 bridgehead atoms. The Kier molecular flexibility index (Phi) is 3.37. The maximum Gasteiger partial charge on any atom is 0.178 e. The number of benzene rings is 2. The third-order valence-electron chi connectivity index (χ3n) is 4.94. The number of rotatable bonds is 1. The van der Waals surface area contributed by atoms with Gasteiger partial charge in [0.1, 0.15) is 0 Å². The van der Waals surface area contributed by atoms with Crippen LogP contribution in [0.4, 0.5) is 0 Å². The molecule has 1 nitrogen and oxygen atoms in total. The highest BCUT2D eigenvalue weighted by Crippen LogP contribution is 2.57. The molecule has 3 heteroatoms. The summed E-state index contributed by atoms with van der Waals surface area (Å²) >= 11 is 4.29. The van der Waals surface area contributed by atoms with Gasteiger partial charge in [0.15, 0.2) is 5.78 Å². The summed E-state index contributed by atoms with van der Waals surface area (Å²) < 4.78 is 2.56. The van der Waals surface area contributed by atoms with Crippen LogP contribution in [0.15, 0.2) is 78.9 Å². The standard InChI is InChI=1S/C22H13IOS/c23-21-16-6-2-3-7-17(16)22(11-9-15(24)10-12-22)20(21)19-13-14-5-1-4-8-18(14)25-19/h1-13H. The number of thiophene rings is 1. The Bertz CT molecular complexity index is 1080. The van der Waals surface area contributed by atoms with Crippen LogP contribution in [-0.4, -0.2) is 5.78 Å². The Hall–Kier alpha value is -1.98. The van der Waals surface area contributed by atoms with Crippen molar-refractivity contribution in [2.24, 2.45) is 0 Å². The van der Waals surface area contributed by atoms with E-state index in [0.29, 0.717) is 0 Å². The van der Waals surface area contributed by atoms with E-state index in [1.54, 1.807) is 12.2 Å². The lowest BCUT2D eigenvalue weighted by molar-refractivity contribution is -0.110. The van der Waals surface area contributed by atoms with Crippen molar-refractivity contribution in [1.82, 2.24) is 0 Å². The second kappa shape index (κ2) is 5.51. The third-order valence-corrected chi connectivity index (χ3v) is 7.19. The molecule has 3 aromatic rings. The predicted octanol–water partition coefficient (Wildman–Crippen LogP) is 6.15. The van der Waals surface area contributed by atoms with Crippen molar-refractivity contribution in [2.75, 3.05) is 0 Å². The monoisotopic (exact) mass is 452 g/mol. The van der Waals surface area contributed by atoms with Crippen LogP contribution in [0, 0.1) is 0 Å². The summed E-state index contributed by atoms with van der Waals surface area (Å²) in [6, 6.07) is 19.3. The van der Waals surface area contributed by atoms with Crippen LogP contribution in [-0.2, 0) is 10.2 Å². The molecule has 1 aromatic heterocycles. The molecule has 25 heavy (non-hydrogen) atoms. The van der Waals surface area contributed by atoms with Crippen LogP contribution < -0.4 is 0 Å². The predicted molar refractivity (Wildman–Crippen MR) is 114 cm³/mol. The molecule has 0 saturated carbocycles. The van der Waals surface area contributed by atoms with Crippen molar-refractivity contribution in [3.8, 4) is 0 Å². The zero-order chi connectivity index (χ0) is 17.0. The van der Waals surface area contributed by atoms with Crippen molar-refractivity contribution in [3.05, 3.63) is 94.9 Å². The normalized spacial score (nSPS) is 17.7. The molecule has 2 aliphatic rings. The zero-order valence-electron chi connectivity index (χ0n) is 13.2. The Balaban J connectivity index is 1.82. The highest BCUT2D eigenvalue weighted by atomic mass is 127. The fraction of sp³-hybridized carbons (Fsp3) is 0.0455. The molecule has 2 aromatic carbocycles. The zero-order valence-corrected chi connectivity index (χ0v) is 16.2. The van der Waals surface area contributed by atoms with E-state index in [1.807, 2.05) is 11.3 Å². The first-order valence-corrected chi connectivity index (χ1v) is 10.0. The van der Waals surface area contributed by atoms with Crippen LogP contribution in [0.25, 0.3) is 19.2 Å². The first-order chi connectivity index (χ1) is 12.2. The summed E-state index contributed by atoms with van der Waals surface area (Å²) in [5, 5.41) is 1.27. The topological polar surface area (TPSA) is 17.1 Å². The lowest BCUT2D eigenvalue weighted by atomic mass is 9.74. The molecule has 0 amide bonds. The van der Waals surface area contributed by atoms with Gasteiger partial charge in [-0.2, -0.15) is 0 Å². The van der Waals surface area contributed by atoms with E-state index in [0.717, 1.165) is 0 Å². The number of fused-ring (bicyclic) bond motifs is 3. The molecular weight excluding hydrogens is 439 g/mol. The highest BCUT2D eigenvalue weighted by molar-refractivity contribution is 14.1. The average Bonchev–Trinajstić information content (AvgIpc) is 3.16. The summed E-state index contributed by atoms with van der Waals surface area (Å²) in [4.78, 5) is 13.1. The molecule has 0 fully saturated rings. The van der Waals surface area contributed by atoms with Gasteiger partial charge in [-0.05, 0) is 63.4 Å². The van der Waals surface area contributed by atoms with Gasteiger partial charge in [0, 0.05) is 18.7 Å². The minimum Gasteiger partial charge on any atom is -0.290 e. The number of halogens is 1. The Morgan fingerprint density at radius 2 is 1.64 bits per heavy atom. The minimum absolute atomic E-state index is 0.0562. The fourth-order valence-corrected chi connectivity index (χ4v) is 6.37. The molecule has 0 unspecified atom stereocenters. The Labute approximate surface area is 163 Å². The van der Waals surface area contributed by atoms with Crippen LogP contribution in [0.3, 0.4) is 0 Å². The number of ketones is 1. The van der Waals surface area contributed by atoms with Gasteiger partial charge in [0.05, 0.1) is 5.41 Å². The second-order valence-electron chi connectivity index (χ2n) is 6.32. The number of hydrogen-bond acceptors (Lipinski definition) is 2. The molecule has 1 heterocycles. The van der Waals surface area contributed by atoms with Gasteiger partial charge >= 0.3 is 0 Å². The van der Waals surface area contributed by atoms with E-state index in [-0.39, 0.29) is 11.2 Å². The van der Waals surface area contributed by atoms with E-state index in [2.05, 4.69) is 89.3 Å². The Morgan fingerprint density at radius 1 is 0.920 bits per heavy atom. The first kappa shape index (κ1) is 15.3. The molecule has 0 atom stereocenters. The van der Waals surface area contributed by atoms with Crippen molar-refractivity contribution < 1.29 is 4.79 Å². The summed E-state index contributed by atoms with van der Waals surface area (Å²) in [6.45, 7) is 0. The van der Waals surface area contributed by atoms with Crippen molar-refractivity contribution in [1.29, 1.82) is 0 Å². The minimum atomic E-state index is -0.345. The van der Waals surface area contributed by atoms with E-state index < -0.39 is 0 Å². The molecule has 0 N–H and O–H groups in total. The molecule has 1 spiro atoms. The summed E-state index contributed by atoms with van der Waals surface area (Å²) in [5.41, 5.74) is 3.46. The molecule has 0 radical (unpaired) electrons. The second-order valence-corrected chi connectivity index (χ2v) is 8.48. The van der Waals surface area contributed by atoms with E-state index in [9.17, 15) is 4.79 Å². The number of hydrogen-bond donors (Lipinski definition) is 0. The van der Waals surface area contributed by atoms with Gasteiger partial charge in [-0.1, -0.05) is 54.6 Å². The SMILES string of the molecule is O=C1C=CC2(C=C1)C(c1cc3ccccc3s1)=C(I)c1ccccc12. The van der Waals surface area contributed by atoms with Crippen molar-refractivity contribution >= 4 is 58.9 Å². The molecule has 5 rings (SSSR count). The van der Waals surface area contributed by atoms with E-state index in [1.165, 1.54) is 35.2 Å². The van der Waals surface area contributed by atoms with Crippen LogP contribution in [0.2, 0.25) is 0 Å². The molecule has 120 valence electrons. The van der Waals surface area contributed by atoms with Crippen LogP contribution >= 0.6 is 33.9 Å². The van der Waals surface area contributed by atoms with Gasteiger partial charge in [0.2, 0.25) is 0 Å². The van der Waals surface area contributed by atoms with E-state index >= 15 is 0 Å². The average molecular weight is 452 g/mol. The van der Waals surface area contributed by atoms with Crippen LogP contribution in [0.5, 0.6) is 0 Å². The van der Waals surface area contributed by atoms with Crippen LogP contribution in [0.1, 0.15) is 16.0 Å². The number of carbonyl (C=O) groups is 1. The number of carbonyl (C=O) groups excluding carboxylic acids is 1. The van der Waals surface area contributed by atoms with Gasteiger partial charge in [-0.15, -0.1) is 11.3 Å². The van der Waals surface area contributed by atoms with Gasteiger partial charge in [0.25, 0.3) is 0 Å². The molecule has 0 saturated heterocycles. The quantitative estimate of drug-likeness (QED) is 0.405. The largest absolute Gasteiger partial charge is 0.290 e. The van der Waals surface area contributed by atoms with Crippen molar-refractivity contribution in [2.45, 2.75) is 5.41 Å².